The molecule has 5 rings (SSSR count). The van der Waals surface area contributed by atoms with Crippen molar-refractivity contribution in [2.45, 2.75) is 44.1 Å². The van der Waals surface area contributed by atoms with E-state index in [1.807, 2.05) is 18.2 Å². The van der Waals surface area contributed by atoms with Crippen LogP contribution in [0.1, 0.15) is 49.1 Å². The Morgan fingerprint density at radius 1 is 1.12 bits per heavy atom. The Morgan fingerprint density at radius 3 is 2.68 bits per heavy atom. The number of amides is 1. The standard InChI is InChI=1S/C28H33ClN2O3/c1-33-26-7-3-20(4-8-26)21-10-12-31(13-11-21)17-19-2-6-25(14-19)30-28(32)23-15-22-16-24(29)5-9-27(22)34-18-23/h3-5,7-9,15-16,19,21,25H,2,6,10-14,17-18H2,1H3,(H,30,32). The molecule has 2 aromatic rings. The van der Waals surface area contributed by atoms with Crippen molar-refractivity contribution in [3.8, 4) is 11.5 Å². The van der Waals surface area contributed by atoms with E-state index in [1.165, 1.54) is 24.8 Å². The molecule has 180 valence electrons. The van der Waals surface area contributed by atoms with E-state index in [-0.39, 0.29) is 11.9 Å². The molecule has 3 aliphatic rings. The number of hydrogen-bond donors (Lipinski definition) is 1. The summed E-state index contributed by atoms with van der Waals surface area (Å²) in [6, 6.07) is 14.3. The van der Waals surface area contributed by atoms with Crippen LogP contribution in [0.2, 0.25) is 5.02 Å². The number of carbonyl (C=O) groups is 1. The SMILES string of the molecule is COc1ccc(C2CCN(CC3CCC(NC(=O)C4=Cc5cc(Cl)ccc5OC4)C3)CC2)cc1. The molecule has 2 atom stereocenters. The molecular weight excluding hydrogens is 448 g/mol. The van der Waals surface area contributed by atoms with Gasteiger partial charge in [0.2, 0.25) is 0 Å². The zero-order valence-corrected chi connectivity index (χ0v) is 20.5. The lowest BCUT2D eigenvalue weighted by Gasteiger charge is -2.33. The molecule has 1 saturated carbocycles. The second-order valence-corrected chi connectivity index (χ2v) is 10.3. The molecule has 1 saturated heterocycles. The minimum Gasteiger partial charge on any atom is -0.497 e. The third-order valence-electron chi connectivity index (χ3n) is 7.54. The van der Waals surface area contributed by atoms with Gasteiger partial charge in [0, 0.05) is 23.2 Å². The topological polar surface area (TPSA) is 50.8 Å². The molecule has 0 spiro atoms. The number of fused-ring (bicyclic) bond motifs is 1. The van der Waals surface area contributed by atoms with Crippen LogP contribution in [0.4, 0.5) is 0 Å². The predicted octanol–water partition coefficient (Wildman–Crippen LogP) is 5.29. The van der Waals surface area contributed by atoms with Crippen molar-refractivity contribution in [3.63, 3.8) is 0 Å². The molecule has 2 unspecified atom stereocenters. The van der Waals surface area contributed by atoms with Crippen LogP contribution in [0, 0.1) is 5.92 Å². The first kappa shape index (κ1) is 23.3. The van der Waals surface area contributed by atoms with Gasteiger partial charge in [-0.25, -0.2) is 0 Å². The highest BCUT2D eigenvalue weighted by Crippen LogP contribution is 2.33. The number of nitrogens with zero attached hydrogens (tertiary/aromatic N) is 1. The van der Waals surface area contributed by atoms with Gasteiger partial charge in [0.25, 0.3) is 5.91 Å². The Kier molecular flexibility index (Phi) is 7.12. The first-order valence-corrected chi connectivity index (χ1v) is 12.8. The Morgan fingerprint density at radius 2 is 1.91 bits per heavy atom. The second-order valence-electron chi connectivity index (χ2n) is 9.84. The Labute approximate surface area is 207 Å². The van der Waals surface area contributed by atoms with E-state index in [0.717, 1.165) is 49.5 Å². The van der Waals surface area contributed by atoms with E-state index in [4.69, 9.17) is 21.1 Å². The van der Waals surface area contributed by atoms with E-state index in [0.29, 0.717) is 29.0 Å². The zero-order valence-electron chi connectivity index (χ0n) is 19.8. The lowest BCUT2D eigenvalue weighted by molar-refractivity contribution is -0.118. The van der Waals surface area contributed by atoms with Gasteiger partial charge in [0.15, 0.2) is 0 Å². The number of hydrogen-bond acceptors (Lipinski definition) is 4. The molecule has 1 aliphatic carbocycles. The number of rotatable bonds is 6. The minimum atomic E-state index is -0.0171. The van der Waals surface area contributed by atoms with E-state index in [1.54, 1.807) is 13.2 Å². The average Bonchev–Trinajstić information content (AvgIpc) is 3.30. The largest absolute Gasteiger partial charge is 0.497 e. The molecule has 1 N–H and O–H groups in total. The maximum atomic E-state index is 12.8. The number of likely N-dealkylation sites (tertiary alicyclic amines) is 1. The van der Waals surface area contributed by atoms with Crippen molar-refractivity contribution >= 4 is 23.6 Å². The van der Waals surface area contributed by atoms with Gasteiger partial charge < -0.3 is 19.7 Å². The van der Waals surface area contributed by atoms with Crippen molar-refractivity contribution in [3.05, 3.63) is 64.2 Å². The highest BCUT2D eigenvalue weighted by molar-refractivity contribution is 6.30. The van der Waals surface area contributed by atoms with Gasteiger partial charge in [-0.3, -0.25) is 4.79 Å². The van der Waals surface area contributed by atoms with E-state index < -0.39 is 0 Å². The molecule has 0 aromatic heterocycles. The molecule has 0 radical (unpaired) electrons. The molecule has 34 heavy (non-hydrogen) atoms. The summed E-state index contributed by atoms with van der Waals surface area (Å²) in [4.78, 5) is 15.5. The number of halogens is 1. The Bertz CT molecular complexity index is 1040. The van der Waals surface area contributed by atoms with Crippen LogP contribution in [0.5, 0.6) is 11.5 Å². The molecule has 6 heteroatoms. The minimum absolute atomic E-state index is 0.0171. The van der Waals surface area contributed by atoms with Crippen LogP contribution >= 0.6 is 11.6 Å². The quantitative estimate of drug-likeness (QED) is 0.610. The number of nitrogens with one attached hydrogen (secondary N) is 1. The van der Waals surface area contributed by atoms with E-state index in [2.05, 4.69) is 34.5 Å². The maximum absolute atomic E-state index is 12.8. The van der Waals surface area contributed by atoms with Crippen LogP contribution < -0.4 is 14.8 Å². The maximum Gasteiger partial charge on any atom is 0.250 e. The van der Waals surface area contributed by atoms with Crippen LogP contribution in [0.25, 0.3) is 6.08 Å². The third kappa shape index (κ3) is 5.42. The molecule has 2 aliphatic heterocycles. The molecule has 2 heterocycles. The van der Waals surface area contributed by atoms with Gasteiger partial charge >= 0.3 is 0 Å². The fourth-order valence-corrected chi connectivity index (χ4v) is 5.80. The lowest BCUT2D eigenvalue weighted by atomic mass is 9.89. The number of methoxy groups -OCH3 is 1. The summed E-state index contributed by atoms with van der Waals surface area (Å²) >= 11 is 6.09. The fourth-order valence-electron chi connectivity index (χ4n) is 5.62. The van der Waals surface area contributed by atoms with Gasteiger partial charge in [0.05, 0.1) is 12.7 Å². The molecule has 5 nitrogen and oxygen atoms in total. The summed E-state index contributed by atoms with van der Waals surface area (Å²) in [5.41, 5.74) is 2.96. The summed E-state index contributed by atoms with van der Waals surface area (Å²) in [7, 11) is 1.71. The summed E-state index contributed by atoms with van der Waals surface area (Å²) in [6.45, 7) is 3.74. The average molecular weight is 481 g/mol. The van der Waals surface area contributed by atoms with Gasteiger partial charge in [-0.1, -0.05) is 23.7 Å². The highest BCUT2D eigenvalue weighted by Gasteiger charge is 2.30. The van der Waals surface area contributed by atoms with Crippen molar-refractivity contribution in [1.82, 2.24) is 10.2 Å². The second kappa shape index (κ2) is 10.4. The van der Waals surface area contributed by atoms with Crippen LogP contribution in [-0.4, -0.2) is 50.2 Å². The van der Waals surface area contributed by atoms with Crippen LogP contribution in [0.3, 0.4) is 0 Å². The summed E-state index contributed by atoms with van der Waals surface area (Å²) in [6.07, 6.45) is 7.60. The van der Waals surface area contributed by atoms with Crippen LogP contribution in [-0.2, 0) is 4.79 Å². The number of benzene rings is 2. The number of piperidine rings is 1. The van der Waals surface area contributed by atoms with Crippen molar-refractivity contribution in [1.29, 1.82) is 0 Å². The van der Waals surface area contributed by atoms with Gasteiger partial charge in [-0.15, -0.1) is 0 Å². The number of carbonyl (C=O) groups excluding carboxylic acids is 1. The third-order valence-corrected chi connectivity index (χ3v) is 7.78. The zero-order chi connectivity index (χ0) is 23.5. The normalized spacial score (nSPS) is 23.1. The molecule has 2 aromatic carbocycles. The van der Waals surface area contributed by atoms with Crippen molar-refractivity contribution in [2.24, 2.45) is 5.92 Å². The smallest absolute Gasteiger partial charge is 0.250 e. The van der Waals surface area contributed by atoms with E-state index in [9.17, 15) is 4.79 Å². The summed E-state index contributed by atoms with van der Waals surface area (Å²) in [5, 5.41) is 3.90. The van der Waals surface area contributed by atoms with Crippen molar-refractivity contribution in [2.75, 3.05) is 33.4 Å². The summed E-state index contributed by atoms with van der Waals surface area (Å²) in [5.74, 6) is 2.97. The first-order chi connectivity index (χ1) is 16.6. The number of ether oxygens (including phenoxy) is 2. The Balaban J connectivity index is 1.08. The lowest BCUT2D eigenvalue weighted by Crippen LogP contribution is -2.38. The highest BCUT2D eigenvalue weighted by atomic mass is 35.5. The monoisotopic (exact) mass is 480 g/mol. The predicted molar refractivity (Wildman–Crippen MR) is 136 cm³/mol. The first-order valence-electron chi connectivity index (χ1n) is 12.4. The molecule has 1 amide bonds. The van der Waals surface area contributed by atoms with Gasteiger partial charge in [0.1, 0.15) is 18.1 Å². The van der Waals surface area contributed by atoms with Gasteiger partial charge in [-0.05, 0) is 99.0 Å². The van der Waals surface area contributed by atoms with Gasteiger partial charge in [-0.2, -0.15) is 0 Å². The molecule has 2 fully saturated rings. The van der Waals surface area contributed by atoms with Crippen molar-refractivity contribution < 1.29 is 14.3 Å². The molecular formula is C28H33ClN2O3. The summed E-state index contributed by atoms with van der Waals surface area (Å²) < 4.78 is 11.0. The van der Waals surface area contributed by atoms with Crippen LogP contribution in [0.15, 0.2) is 48.0 Å². The Hall–Kier alpha value is -2.50. The van der Waals surface area contributed by atoms with E-state index >= 15 is 0 Å². The molecule has 0 bridgehead atoms. The fraction of sp³-hybridized carbons (Fsp3) is 0.464.